The molecule has 18 heavy (non-hydrogen) atoms. The lowest BCUT2D eigenvalue weighted by atomic mass is 10.2. The van der Waals surface area contributed by atoms with Gasteiger partial charge in [0.25, 0.3) is 0 Å². The maximum absolute atomic E-state index is 13.0. The van der Waals surface area contributed by atoms with E-state index in [-0.39, 0.29) is 30.2 Å². The lowest BCUT2D eigenvalue weighted by Crippen LogP contribution is -2.40. The van der Waals surface area contributed by atoms with Crippen molar-refractivity contribution < 1.29 is 9.18 Å². The number of rotatable bonds is 3. The number of benzene rings is 1. The van der Waals surface area contributed by atoms with Crippen LogP contribution in [0, 0.1) is 5.82 Å². The van der Waals surface area contributed by atoms with Crippen molar-refractivity contribution in [3.8, 4) is 0 Å². The lowest BCUT2D eigenvalue weighted by Gasteiger charge is -2.11. The number of carbonyl (C=O) groups is 1. The van der Waals surface area contributed by atoms with Crippen LogP contribution in [0.5, 0.6) is 0 Å². The van der Waals surface area contributed by atoms with Gasteiger partial charge in [0.1, 0.15) is 5.82 Å². The third-order valence-corrected chi connectivity index (χ3v) is 3.61. The summed E-state index contributed by atoms with van der Waals surface area (Å²) in [6.45, 7) is 1.23. The normalized spacial score (nSPS) is 18.2. The minimum absolute atomic E-state index is 0. The fourth-order valence-corrected chi connectivity index (χ4v) is 2.28. The second kappa shape index (κ2) is 7.07. The molecule has 0 saturated carbocycles. The molecule has 1 aromatic rings. The Hall–Kier alpha value is -0.650. The first-order chi connectivity index (χ1) is 8.16. The van der Waals surface area contributed by atoms with Crippen LogP contribution in [-0.2, 0) is 11.3 Å². The number of nitrogens with one attached hydrogen (secondary N) is 2. The largest absolute Gasteiger partial charge is 0.351 e. The second-order valence-corrected chi connectivity index (χ2v) is 4.96. The first-order valence-electron chi connectivity index (χ1n) is 5.62. The molecule has 0 bridgehead atoms. The van der Waals surface area contributed by atoms with Crippen molar-refractivity contribution in [2.24, 2.45) is 0 Å². The highest BCUT2D eigenvalue weighted by molar-refractivity contribution is 9.10. The molecule has 1 aliphatic rings. The van der Waals surface area contributed by atoms with Gasteiger partial charge in [0, 0.05) is 11.0 Å². The minimum Gasteiger partial charge on any atom is -0.351 e. The number of halogens is 3. The molecule has 1 aliphatic heterocycles. The minimum atomic E-state index is -0.295. The Morgan fingerprint density at radius 3 is 3.00 bits per heavy atom. The Morgan fingerprint density at radius 2 is 2.33 bits per heavy atom. The van der Waals surface area contributed by atoms with Crippen molar-refractivity contribution in [3.05, 3.63) is 34.1 Å². The molecule has 1 aromatic carbocycles. The first kappa shape index (κ1) is 15.4. The van der Waals surface area contributed by atoms with Gasteiger partial charge < -0.3 is 10.6 Å². The molecule has 1 fully saturated rings. The summed E-state index contributed by atoms with van der Waals surface area (Å²) in [5.74, 6) is -0.310. The quantitative estimate of drug-likeness (QED) is 0.889. The van der Waals surface area contributed by atoms with E-state index >= 15 is 0 Å². The topological polar surface area (TPSA) is 41.1 Å². The number of amides is 1. The van der Waals surface area contributed by atoms with Crippen molar-refractivity contribution in [1.29, 1.82) is 0 Å². The van der Waals surface area contributed by atoms with E-state index in [4.69, 9.17) is 0 Å². The summed E-state index contributed by atoms with van der Waals surface area (Å²) in [4.78, 5) is 11.7. The average Bonchev–Trinajstić information content (AvgIpc) is 2.83. The third kappa shape index (κ3) is 3.93. The highest BCUT2D eigenvalue weighted by Crippen LogP contribution is 2.17. The maximum Gasteiger partial charge on any atom is 0.237 e. The van der Waals surface area contributed by atoms with Gasteiger partial charge in [-0.25, -0.2) is 4.39 Å². The Morgan fingerprint density at radius 1 is 1.56 bits per heavy atom. The van der Waals surface area contributed by atoms with E-state index in [1.165, 1.54) is 12.1 Å². The molecule has 1 atom stereocenters. The first-order valence-corrected chi connectivity index (χ1v) is 6.41. The molecule has 1 amide bonds. The fraction of sp³-hybridized carbons (Fsp3) is 0.417. The summed E-state index contributed by atoms with van der Waals surface area (Å²) in [6, 6.07) is 4.35. The number of carbonyl (C=O) groups excluding carboxylic acids is 1. The summed E-state index contributed by atoms with van der Waals surface area (Å²) in [5.41, 5.74) is 0.747. The average molecular weight is 338 g/mol. The molecule has 0 radical (unpaired) electrons. The molecule has 1 saturated heterocycles. The fourth-order valence-electron chi connectivity index (χ4n) is 1.89. The van der Waals surface area contributed by atoms with Crippen LogP contribution in [-0.4, -0.2) is 18.5 Å². The SMILES string of the molecule is Cl.O=C(NCc1cc(F)ccc1Br)C1CCCN1. The van der Waals surface area contributed by atoms with Crippen molar-refractivity contribution in [3.63, 3.8) is 0 Å². The third-order valence-electron chi connectivity index (χ3n) is 2.84. The van der Waals surface area contributed by atoms with Crippen molar-refractivity contribution in [2.45, 2.75) is 25.4 Å². The van der Waals surface area contributed by atoms with Gasteiger partial charge in [-0.2, -0.15) is 0 Å². The summed E-state index contributed by atoms with van der Waals surface area (Å²) in [5, 5.41) is 5.93. The molecular formula is C12H15BrClFN2O. The van der Waals surface area contributed by atoms with Gasteiger partial charge in [0.15, 0.2) is 0 Å². The molecule has 3 nitrogen and oxygen atoms in total. The smallest absolute Gasteiger partial charge is 0.237 e. The maximum atomic E-state index is 13.0. The summed E-state index contributed by atoms with van der Waals surface area (Å²) in [6.07, 6.45) is 1.90. The van der Waals surface area contributed by atoms with Gasteiger partial charge in [-0.05, 0) is 43.1 Å². The van der Waals surface area contributed by atoms with E-state index in [0.29, 0.717) is 6.54 Å². The molecule has 100 valence electrons. The predicted octanol–water partition coefficient (Wildman–Crippen LogP) is 2.38. The van der Waals surface area contributed by atoms with E-state index in [1.807, 2.05) is 0 Å². The number of hydrogen-bond donors (Lipinski definition) is 2. The molecule has 0 spiro atoms. The Labute approximate surface area is 120 Å². The molecule has 6 heteroatoms. The highest BCUT2D eigenvalue weighted by Gasteiger charge is 2.21. The molecule has 0 aliphatic carbocycles. The van der Waals surface area contributed by atoms with Crippen molar-refractivity contribution >= 4 is 34.2 Å². The van der Waals surface area contributed by atoms with E-state index < -0.39 is 0 Å². The van der Waals surface area contributed by atoms with Crippen LogP contribution in [0.4, 0.5) is 4.39 Å². The molecule has 1 heterocycles. The van der Waals surface area contributed by atoms with Gasteiger partial charge in [-0.1, -0.05) is 15.9 Å². The predicted molar refractivity (Wildman–Crippen MR) is 74.2 cm³/mol. The summed E-state index contributed by atoms with van der Waals surface area (Å²) in [7, 11) is 0. The van der Waals surface area contributed by atoms with Gasteiger partial charge >= 0.3 is 0 Å². The van der Waals surface area contributed by atoms with Gasteiger partial charge in [-0.3, -0.25) is 4.79 Å². The van der Waals surface area contributed by atoms with Crippen LogP contribution in [0.3, 0.4) is 0 Å². The monoisotopic (exact) mass is 336 g/mol. The van der Waals surface area contributed by atoms with Crippen LogP contribution in [0.1, 0.15) is 18.4 Å². The second-order valence-electron chi connectivity index (χ2n) is 4.10. The van der Waals surface area contributed by atoms with Crippen LogP contribution in [0.2, 0.25) is 0 Å². The number of hydrogen-bond acceptors (Lipinski definition) is 2. The lowest BCUT2D eigenvalue weighted by molar-refractivity contribution is -0.122. The van der Waals surface area contributed by atoms with Gasteiger partial charge in [0.2, 0.25) is 5.91 Å². The molecule has 1 unspecified atom stereocenters. The molecule has 2 N–H and O–H groups in total. The zero-order chi connectivity index (χ0) is 12.3. The van der Waals surface area contributed by atoms with Crippen LogP contribution >= 0.6 is 28.3 Å². The van der Waals surface area contributed by atoms with E-state index in [2.05, 4.69) is 26.6 Å². The van der Waals surface area contributed by atoms with Crippen molar-refractivity contribution in [1.82, 2.24) is 10.6 Å². The zero-order valence-corrected chi connectivity index (χ0v) is 12.1. The van der Waals surface area contributed by atoms with E-state index in [9.17, 15) is 9.18 Å². The standard InChI is InChI=1S/C12H14BrFN2O.ClH/c13-10-4-3-9(14)6-8(10)7-16-12(17)11-2-1-5-15-11;/h3-4,6,11,15H,1-2,5,7H2,(H,16,17);1H. The molecule has 0 aromatic heterocycles. The summed E-state index contributed by atoms with van der Waals surface area (Å²) >= 11 is 3.33. The van der Waals surface area contributed by atoms with Crippen LogP contribution < -0.4 is 10.6 Å². The van der Waals surface area contributed by atoms with Crippen molar-refractivity contribution in [2.75, 3.05) is 6.54 Å². The van der Waals surface area contributed by atoms with Crippen LogP contribution in [0.15, 0.2) is 22.7 Å². The van der Waals surface area contributed by atoms with Crippen LogP contribution in [0.25, 0.3) is 0 Å². The van der Waals surface area contributed by atoms with E-state index in [0.717, 1.165) is 29.4 Å². The van der Waals surface area contributed by atoms with Gasteiger partial charge in [-0.15, -0.1) is 12.4 Å². The molecular weight excluding hydrogens is 323 g/mol. The molecule has 2 rings (SSSR count). The van der Waals surface area contributed by atoms with Gasteiger partial charge in [0.05, 0.1) is 6.04 Å². The Balaban J connectivity index is 0.00000162. The summed E-state index contributed by atoms with van der Waals surface area (Å²) < 4.78 is 13.8. The zero-order valence-electron chi connectivity index (χ0n) is 9.71. The van der Waals surface area contributed by atoms with E-state index in [1.54, 1.807) is 6.07 Å². The Kier molecular flexibility index (Phi) is 6.05. The Bertz CT molecular complexity index is 425. The highest BCUT2D eigenvalue weighted by atomic mass is 79.9.